The summed E-state index contributed by atoms with van der Waals surface area (Å²) >= 11 is 0. The second kappa shape index (κ2) is 9.98. The van der Waals surface area contributed by atoms with Crippen LogP contribution in [0.5, 0.6) is 0 Å². The second-order valence-electron chi connectivity index (χ2n) is 6.44. The molecule has 0 bridgehead atoms. The van der Waals surface area contributed by atoms with Crippen LogP contribution in [0.1, 0.15) is 15.9 Å². The van der Waals surface area contributed by atoms with Crippen molar-refractivity contribution in [2.45, 2.75) is 0 Å². The first kappa shape index (κ1) is 20.8. The molecule has 146 valence electrons. The van der Waals surface area contributed by atoms with Crippen molar-refractivity contribution < 1.29 is 19.4 Å². The van der Waals surface area contributed by atoms with Crippen LogP contribution in [0.4, 0.5) is 5.69 Å². The summed E-state index contributed by atoms with van der Waals surface area (Å²) in [6.45, 7) is 1.14. The number of nitro groups is 1. The molecule has 0 saturated heterocycles. The van der Waals surface area contributed by atoms with Crippen LogP contribution in [0, 0.1) is 10.1 Å². The van der Waals surface area contributed by atoms with E-state index >= 15 is 0 Å². The molecule has 0 aromatic heterocycles. The third-order valence-corrected chi connectivity index (χ3v) is 3.83. The number of carbonyl (C=O) groups excluding carboxylic acids is 2. The lowest BCUT2D eigenvalue weighted by molar-refractivity contribution is -0.856. The number of amides is 2. The first-order valence-electron chi connectivity index (χ1n) is 8.76. The number of nitro benzene ring substituents is 1. The van der Waals surface area contributed by atoms with E-state index in [0.717, 1.165) is 4.90 Å². The minimum atomic E-state index is -0.514. The highest BCUT2D eigenvalue weighted by Gasteiger charge is 2.15. The molecule has 0 spiro atoms. The maximum Gasteiger partial charge on any atom is 0.270 e. The van der Waals surface area contributed by atoms with E-state index in [2.05, 4.69) is 10.6 Å². The third kappa shape index (κ3) is 6.33. The highest BCUT2D eigenvalue weighted by atomic mass is 16.6. The molecule has 2 aromatic rings. The van der Waals surface area contributed by atoms with Crippen LogP contribution >= 0.6 is 0 Å². The number of benzene rings is 2. The maximum atomic E-state index is 12.6. The molecule has 2 amide bonds. The van der Waals surface area contributed by atoms with E-state index in [1.165, 1.54) is 24.3 Å². The fraction of sp³-hybridized carbons (Fsp3) is 0.200. The Balaban J connectivity index is 2.27. The Bertz CT molecular complexity index is 879. The summed E-state index contributed by atoms with van der Waals surface area (Å²) in [5, 5.41) is 16.3. The summed E-state index contributed by atoms with van der Waals surface area (Å²) in [6, 6.07) is 14.3. The Labute approximate surface area is 163 Å². The summed E-state index contributed by atoms with van der Waals surface area (Å²) in [6.07, 6.45) is 1.42. The first-order valence-corrected chi connectivity index (χ1v) is 8.76. The van der Waals surface area contributed by atoms with Crippen molar-refractivity contribution >= 4 is 23.6 Å². The van der Waals surface area contributed by atoms with Gasteiger partial charge in [-0.15, -0.1) is 0 Å². The number of quaternary nitrogens is 1. The molecule has 0 aliphatic heterocycles. The molecule has 0 heterocycles. The predicted octanol–water partition coefficient (Wildman–Crippen LogP) is 0.626. The van der Waals surface area contributed by atoms with Crippen LogP contribution in [0.2, 0.25) is 0 Å². The zero-order valence-electron chi connectivity index (χ0n) is 15.8. The number of nitrogens with zero attached hydrogens (tertiary/aromatic N) is 1. The molecule has 0 atom stereocenters. The number of hydrogen-bond donors (Lipinski definition) is 3. The lowest BCUT2D eigenvalue weighted by Crippen LogP contribution is -3.06. The SMILES string of the molecule is C[NH+](C)CCNC(=O)/C(=C/c1cccc([N+](=O)[O-])c1)NC(=O)c1ccccc1. The summed E-state index contributed by atoms with van der Waals surface area (Å²) in [5.74, 6) is -0.900. The summed E-state index contributed by atoms with van der Waals surface area (Å²) in [4.78, 5) is 36.7. The smallest absolute Gasteiger partial charge is 0.270 e. The van der Waals surface area contributed by atoms with Crippen LogP contribution in [0.25, 0.3) is 6.08 Å². The molecule has 0 unspecified atom stereocenters. The Morgan fingerprint density at radius 2 is 1.82 bits per heavy atom. The van der Waals surface area contributed by atoms with Gasteiger partial charge in [0.1, 0.15) is 5.70 Å². The number of likely N-dealkylation sites (N-methyl/N-ethyl adjacent to an activating group) is 1. The minimum Gasteiger partial charge on any atom is -0.345 e. The van der Waals surface area contributed by atoms with E-state index in [1.807, 2.05) is 14.1 Å². The van der Waals surface area contributed by atoms with Gasteiger partial charge in [-0.1, -0.05) is 30.3 Å². The van der Waals surface area contributed by atoms with Crippen molar-refractivity contribution in [3.05, 3.63) is 81.5 Å². The van der Waals surface area contributed by atoms with Gasteiger partial charge in [0, 0.05) is 17.7 Å². The Morgan fingerprint density at radius 3 is 2.46 bits per heavy atom. The number of rotatable bonds is 8. The summed E-state index contributed by atoms with van der Waals surface area (Å²) in [7, 11) is 3.92. The van der Waals surface area contributed by atoms with Crippen molar-refractivity contribution in [3.63, 3.8) is 0 Å². The van der Waals surface area contributed by atoms with Gasteiger partial charge in [-0.2, -0.15) is 0 Å². The van der Waals surface area contributed by atoms with Crippen molar-refractivity contribution in [3.8, 4) is 0 Å². The van der Waals surface area contributed by atoms with Gasteiger partial charge in [0.05, 0.1) is 32.1 Å². The van der Waals surface area contributed by atoms with E-state index in [0.29, 0.717) is 24.2 Å². The van der Waals surface area contributed by atoms with Gasteiger partial charge >= 0.3 is 0 Å². The zero-order valence-corrected chi connectivity index (χ0v) is 15.8. The fourth-order valence-corrected chi connectivity index (χ4v) is 2.36. The van der Waals surface area contributed by atoms with Gasteiger partial charge in [0.25, 0.3) is 17.5 Å². The predicted molar refractivity (Wildman–Crippen MR) is 106 cm³/mol. The highest BCUT2D eigenvalue weighted by Crippen LogP contribution is 2.15. The largest absolute Gasteiger partial charge is 0.345 e. The molecule has 0 aliphatic rings. The first-order chi connectivity index (χ1) is 13.4. The number of carbonyl (C=O) groups is 2. The average molecular weight is 383 g/mol. The molecule has 0 saturated carbocycles. The summed E-state index contributed by atoms with van der Waals surface area (Å²) in [5.41, 5.74) is 0.756. The quantitative estimate of drug-likeness (QED) is 0.353. The summed E-state index contributed by atoms with van der Waals surface area (Å²) < 4.78 is 0. The van der Waals surface area contributed by atoms with E-state index in [4.69, 9.17) is 0 Å². The molecule has 0 aliphatic carbocycles. The molecular weight excluding hydrogens is 360 g/mol. The van der Waals surface area contributed by atoms with Crippen molar-refractivity contribution in [1.29, 1.82) is 0 Å². The Morgan fingerprint density at radius 1 is 1.11 bits per heavy atom. The number of hydrogen-bond acceptors (Lipinski definition) is 4. The topological polar surface area (TPSA) is 106 Å². The van der Waals surface area contributed by atoms with Gasteiger partial charge in [0.15, 0.2) is 0 Å². The van der Waals surface area contributed by atoms with Crippen LogP contribution in [0.3, 0.4) is 0 Å². The molecule has 8 nitrogen and oxygen atoms in total. The average Bonchev–Trinajstić information content (AvgIpc) is 2.68. The molecule has 0 radical (unpaired) electrons. The molecule has 0 fully saturated rings. The molecule has 8 heteroatoms. The molecule has 2 rings (SSSR count). The maximum absolute atomic E-state index is 12.6. The van der Waals surface area contributed by atoms with Crippen LogP contribution < -0.4 is 15.5 Å². The van der Waals surface area contributed by atoms with Crippen LogP contribution in [0.15, 0.2) is 60.3 Å². The third-order valence-electron chi connectivity index (χ3n) is 3.83. The van der Waals surface area contributed by atoms with E-state index in [1.54, 1.807) is 36.4 Å². The van der Waals surface area contributed by atoms with Gasteiger partial charge in [-0.25, -0.2) is 0 Å². The van der Waals surface area contributed by atoms with Crippen LogP contribution in [-0.2, 0) is 4.79 Å². The van der Waals surface area contributed by atoms with Crippen LogP contribution in [-0.4, -0.2) is 43.9 Å². The normalized spacial score (nSPS) is 11.2. The van der Waals surface area contributed by atoms with Gasteiger partial charge < -0.3 is 15.5 Å². The highest BCUT2D eigenvalue weighted by molar-refractivity contribution is 6.05. The second-order valence-corrected chi connectivity index (χ2v) is 6.44. The van der Waals surface area contributed by atoms with Crippen molar-refractivity contribution in [1.82, 2.24) is 10.6 Å². The lowest BCUT2D eigenvalue weighted by atomic mass is 10.1. The molecular formula is C20H23N4O4+. The van der Waals surface area contributed by atoms with E-state index < -0.39 is 16.7 Å². The van der Waals surface area contributed by atoms with E-state index in [9.17, 15) is 19.7 Å². The lowest BCUT2D eigenvalue weighted by Gasteiger charge is -2.12. The zero-order chi connectivity index (χ0) is 20.5. The van der Waals surface area contributed by atoms with Gasteiger partial charge in [-0.05, 0) is 23.8 Å². The molecule has 2 aromatic carbocycles. The fourth-order valence-electron chi connectivity index (χ4n) is 2.36. The molecule has 28 heavy (non-hydrogen) atoms. The van der Waals surface area contributed by atoms with Gasteiger partial charge in [-0.3, -0.25) is 19.7 Å². The van der Waals surface area contributed by atoms with E-state index in [-0.39, 0.29) is 11.4 Å². The monoisotopic (exact) mass is 383 g/mol. The standard InChI is InChI=1S/C20H22N4O4/c1-23(2)12-11-21-20(26)18(22-19(25)16-8-4-3-5-9-16)14-15-7-6-10-17(13-15)24(27)28/h3-10,13-14H,11-12H2,1-2H3,(H,21,26)(H,22,25)/p+1/b18-14-. The van der Waals surface area contributed by atoms with Crippen molar-refractivity contribution in [2.75, 3.05) is 27.2 Å². The van der Waals surface area contributed by atoms with Crippen molar-refractivity contribution in [2.24, 2.45) is 0 Å². The number of non-ortho nitro benzene ring substituents is 1. The molecule has 3 N–H and O–H groups in total. The number of nitrogens with one attached hydrogen (secondary N) is 3. The minimum absolute atomic E-state index is 0.0168. The Kier molecular flexibility index (Phi) is 7.41. The Hall–Kier alpha value is -3.52. The van der Waals surface area contributed by atoms with Gasteiger partial charge in [0.2, 0.25) is 0 Å².